The van der Waals surface area contributed by atoms with Gasteiger partial charge in [0.2, 0.25) is 0 Å². The van der Waals surface area contributed by atoms with Gasteiger partial charge < -0.3 is 13.3 Å². The van der Waals surface area contributed by atoms with E-state index in [1.165, 1.54) is 66.1 Å². The molecule has 15 rings (SSSR count). The topological polar surface area (TPSA) is 39.4 Å². The maximum Gasteiger partial charge on any atom is 0.136 e. The van der Waals surface area contributed by atoms with E-state index in [2.05, 4.69) is 194 Å². The summed E-state index contributed by atoms with van der Waals surface area (Å²) in [7, 11) is 0. The zero-order valence-corrected chi connectivity index (χ0v) is 35.5. The molecule has 0 amide bonds. The van der Waals surface area contributed by atoms with Crippen LogP contribution in [0.1, 0.15) is 22.3 Å². The molecule has 0 N–H and O–H groups in total. The van der Waals surface area contributed by atoms with Crippen molar-refractivity contribution in [1.82, 2.24) is 0 Å². The number of benzene rings is 11. The zero-order valence-electron chi connectivity index (χ0n) is 35.5. The second-order valence-corrected chi connectivity index (χ2v) is 17.8. The molecule has 1 aliphatic rings. The van der Waals surface area contributed by atoms with Crippen LogP contribution in [0.2, 0.25) is 0 Å². The van der Waals surface area contributed by atoms with E-state index in [0.717, 1.165) is 76.9 Å². The van der Waals surface area contributed by atoms with Gasteiger partial charge in [-0.05, 0) is 126 Å². The Morgan fingerprint density at radius 2 is 0.667 bits per heavy atom. The Morgan fingerprint density at radius 1 is 0.258 bits per heavy atom. The maximum absolute atomic E-state index is 6.81. The molecule has 0 unspecified atom stereocenters. The maximum atomic E-state index is 6.81. The molecular weight excluding hydrogens is 805 g/mol. The van der Waals surface area contributed by atoms with Crippen LogP contribution in [0.3, 0.4) is 0 Å². The average Bonchev–Trinajstić information content (AvgIpc) is 4.13. The summed E-state index contributed by atoms with van der Waals surface area (Å²) in [5.74, 6) is 0. The number of hydrogen-bond acceptors (Lipinski definition) is 3. The van der Waals surface area contributed by atoms with Crippen molar-refractivity contribution >= 4 is 87.4 Å². The average molecular weight is 841 g/mol. The summed E-state index contributed by atoms with van der Waals surface area (Å²) in [5, 5.41) is 11.4. The fourth-order valence-corrected chi connectivity index (χ4v) is 11.9. The number of hydrogen-bond donors (Lipinski definition) is 0. The Hall–Kier alpha value is -8.66. The van der Waals surface area contributed by atoms with E-state index in [9.17, 15) is 0 Å². The number of rotatable bonds is 4. The summed E-state index contributed by atoms with van der Waals surface area (Å²) >= 11 is 0. The molecule has 3 heterocycles. The third kappa shape index (κ3) is 4.66. The highest BCUT2D eigenvalue weighted by molar-refractivity contribution is 6.27. The molecule has 11 aromatic carbocycles. The SMILES string of the molecule is c1ccc(C2(c3ccccc3)c3ccccc3-c3c2ccc2oc4ccc(-c5c6ccccc6c(-c6ccc7oc8ccc9oc%10ccccc%10c9c8c7c6)c6ccccc56)cc4c32)cc1. The van der Waals surface area contributed by atoms with Crippen molar-refractivity contribution in [2.45, 2.75) is 5.41 Å². The van der Waals surface area contributed by atoms with Gasteiger partial charge in [0, 0.05) is 32.3 Å². The fraction of sp³-hybridized carbons (Fsp3) is 0.0159. The van der Waals surface area contributed by atoms with Gasteiger partial charge in [0.15, 0.2) is 0 Å². The Labute approximate surface area is 378 Å². The van der Waals surface area contributed by atoms with E-state index in [4.69, 9.17) is 13.3 Å². The first-order valence-corrected chi connectivity index (χ1v) is 22.7. The summed E-state index contributed by atoms with van der Waals surface area (Å²) in [5.41, 5.74) is 16.9. The molecule has 0 spiro atoms. The van der Waals surface area contributed by atoms with Crippen LogP contribution in [-0.4, -0.2) is 0 Å². The summed E-state index contributed by atoms with van der Waals surface area (Å²) < 4.78 is 19.7. The third-order valence-electron chi connectivity index (χ3n) is 14.5. The summed E-state index contributed by atoms with van der Waals surface area (Å²) in [4.78, 5) is 0. The number of para-hydroxylation sites is 1. The second-order valence-electron chi connectivity index (χ2n) is 17.8. The lowest BCUT2D eigenvalue weighted by Gasteiger charge is -2.33. The first-order valence-electron chi connectivity index (χ1n) is 22.7. The van der Waals surface area contributed by atoms with Crippen LogP contribution in [-0.2, 0) is 5.41 Å². The van der Waals surface area contributed by atoms with Crippen LogP contribution >= 0.6 is 0 Å². The van der Waals surface area contributed by atoms with Crippen molar-refractivity contribution in [2.75, 3.05) is 0 Å². The first kappa shape index (κ1) is 35.8. The molecule has 14 aromatic rings. The van der Waals surface area contributed by atoms with E-state index >= 15 is 0 Å². The van der Waals surface area contributed by atoms with Crippen molar-refractivity contribution in [3.63, 3.8) is 0 Å². The molecule has 0 bridgehead atoms. The van der Waals surface area contributed by atoms with Crippen LogP contribution in [0.25, 0.3) is 121 Å². The Bertz CT molecular complexity index is 4240. The molecule has 0 fully saturated rings. The third-order valence-corrected chi connectivity index (χ3v) is 14.5. The highest BCUT2D eigenvalue weighted by atomic mass is 16.3. The highest BCUT2D eigenvalue weighted by Gasteiger charge is 2.47. The largest absolute Gasteiger partial charge is 0.456 e. The molecule has 0 saturated heterocycles. The van der Waals surface area contributed by atoms with Gasteiger partial charge in [0.25, 0.3) is 0 Å². The van der Waals surface area contributed by atoms with E-state index < -0.39 is 5.41 Å². The molecule has 0 atom stereocenters. The Morgan fingerprint density at radius 3 is 1.24 bits per heavy atom. The van der Waals surface area contributed by atoms with E-state index in [-0.39, 0.29) is 0 Å². The van der Waals surface area contributed by atoms with Gasteiger partial charge in [-0.2, -0.15) is 0 Å². The van der Waals surface area contributed by atoms with Crippen molar-refractivity contribution in [3.8, 4) is 33.4 Å². The molecule has 0 radical (unpaired) electrons. The molecule has 66 heavy (non-hydrogen) atoms. The minimum Gasteiger partial charge on any atom is -0.456 e. The first-order chi connectivity index (χ1) is 32.7. The molecule has 0 aliphatic heterocycles. The van der Waals surface area contributed by atoms with Gasteiger partial charge in [-0.3, -0.25) is 0 Å². The Balaban J connectivity index is 0.988. The van der Waals surface area contributed by atoms with Gasteiger partial charge in [0.1, 0.15) is 33.5 Å². The van der Waals surface area contributed by atoms with E-state index in [1.807, 2.05) is 24.3 Å². The van der Waals surface area contributed by atoms with Gasteiger partial charge in [-0.15, -0.1) is 0 Å². The van der Waals surface area contributed by atoms with Gasteiger partial charge >= 0.3 is 0 Å². The molecule has 1 aliphatic carbocycles. The van der Waals surface area contributed by atoms with Crippen molar-refractivity contribution in [3.05, 3.63) is 241 Å². The highest BCUT2D eigenvalue weighted by Crippen LogP contribution is 2.59. The smallest absolute Gasteiger partial charge is 0.136 e. The molecule has 0 saturated carbocycles. The zero-order chi connectivity index (χ0) is 43.1. The van der Waals surface area contributed by atoms with Crippen molar-refractivity contribution in [1.29, 1.82) is 0 Å². The standard InChI is InChI=1S/C63H36O3/c1-3-15-39(16-4-1)63(40-17-5-2-6-18-40)49-25-13-11-23-45(49)59-50(63)29-32-54-61(59)47-35-37(27-30-52(47)65-54)57-41-19-7-9-21-43(41)58(44-22-10-8-20-42(44)57)38-28-31-53-48(36-38)62-56(66-53)34-33-55-60(62)46-24-12-14-26-51(46)64-55/h1-36H. The van der Waals surface area contributed by atoms with Crippen LogP contribution in [0.4, 0.5) is 0 Å². The molecular formula is C63H36O3. The predicted octanol–water partition coefficient (Wildman–Crippen LogP) is 17.4. The quantitative estimate of drug-likeness (QED) is 0.166. The predicted molar refractivity (Wildman–Crippen MR) is 271 cm³/mol. The molecule has 306 valence electrons. The van der Waals surface area contributed by atoms with Crippen molar-refractivity contribution < 1.29 is 13.3 Å². The molecule has 3 heteroatoms. The molecule has 3 nitrogen and oxygen atoms in total. The van der Waals surface area contributed by atoms with Crippen LogP contribution < -0.4 is 0 Å². The Kier molecular flexibility index (Phi) is 7.15. The van der Waals surface area contributed by atoms with Gasteiger partial charge in [0.05, 0.1) is 5.41 Å². The summed E-state index contributed by atoms with van der Waals surface area (Å²) in [6.07, 6.45) is 0. The van der Waals surface area contributed by atoms with E-state index in [1.54, 1.807) is 0 Å². The van der Waals surface area contributed by atoms with E-state index in [0.29, 0.717) is 0 Å². The minimum absolute atomic E-state index is 0.504. The number of furan rings is 3. The lowest BCUT2D eigenvalue weighted by Crippen LogP contribution is -2.28. The normalized spacial score (nSPS) is 13.3. The summed E-state index contributed by atoms with van der Waals surface area (Å²) in [6, 6.07) is 79.1. The monoisotopic (exact) mass is 840 g/mol. The van der Waals surface area contributed by atoms with Crippen LogP contribution in [0.5, 0.6) is 0 Å². The van der Waals surface area contributed by atoms with Crippen molar-refractivity contribution in [2.24, 2.45) is 0 Å². The number of fused-ring (bicyclic) bond motifs is 16. The lowest BCUT2D eigenvalue weighted by atomic mass is 9.67. The van der Waals surface area contributed by atoms with Crippen LogP contribution in [0, 0.1) is 0 Å². The van der Waals surface area contributed by atoms with Crippen LogP contribution in [0.15, 0.2) is 232 Å². The lowest BCUT2D eigenvalue weighted by molar-refractivity contribution is 0.663. The molecule has 3 aromatic heterocycles. The minimum atomic E-state index is -0.504. The van der Waals surface area contributed by atoms with Gasteiger partial charge in [-0.1, -0.05) is 170 Å². The summed E-state index contributed by atoms with van der Waals surface area (Å²) in [6.45, 7) is 0. The fourth-order valence-electron chi connectivity index (χ4n) is 11.9. The second kappa shape index (κ2) is 13.2. The van der Waals surface area contributed by atoms with Gasteiger partial charge in [-0.25, -0.2) is 0 Å².